The number of aromatic nitrogens is 1. The van der Waals surface area contributed by atoms with Gasteiger partial charge in [0.2, 0.25) is 0 Å². The minimum absolute atomic E-state index is 0.517. The molecule has 2 unspecified atom stereocenters. The SMILES string of the molecule is C=C1c2[nH]c3ccccc3c2CN2CCC1C(=CC)C2. The molecule has 3 aliphatic rings. The fraction of sp³-hybridized carbons (Fsp3) is 0.333. The maximum absolute atomic E-state index is 4.44. The molecule has 5 rings (SSSR count). The number of benzene rings is 1. The minimum Gasteiger partial charge on any atom is -0.355 e. The number of H-pyrrole nitrogens is 1. The van der Waals surface area contributed by atoms with Crippen molar-refractivity contribution in [2.75, 3.05) is 13.1 Å². The third-order valence-corrected chi connectivity index (χ3v) is 4.90. The number of nitrogens with zero attached hydrogens (tertiary/aromatic N) is 1. The molecule has 3 aliphatic heterocycles. The second-order valence-electron chi connectivity index (χ2n) is 5.96. The van der Waals surface area contributed by atoms with Gasteiger partial charge in [-0.3, -0.25) is 4.90 Å². The Labute approximate surface area is 119 Å². The zero-order valence-corrected chi connectivity index (χ0v) is 11.9. The van der Waals surface area contributed by atoms with Gasteiger partial charge in [0.05, 0.1) is 0 Å². The molecule has 2 nitrogen and oxygen atoms in total. The van der Waals surface area contributed by atoms with E-state index >= 15 is 0 Å². The molecule has 1 aromatic carbocycles. The maximum Gasteiger partial charge on any atom is 0.0469 e. The number of nitrogens with one attached hydrogen (secondary N) is 1. The Kier molecular flexibility index (Phi) is 2.61. The highest BCUT2D eigenvalue weighted by molar-refractivity contribution is 5.89. The summed E-state index contributed by atoms with van der Waals surface area (Å²) in [5.74, 6) is 0.517. The van der Waals surface area contributed by atoms with Gasteiger partial charge in [0.15, 0.2) is 0 Å². The molecule has 2 heteroatoms. The summed E-state index contributed by atoms with van der Waals surface area (Å²) in [6.07, 6.45) is 3.49. The Balaban J connectivity index is 1.95. The molecule has 0 aliphatic carbocycles. The Morgan fingerprint density at radius 3 is 3.00 bits per heavy atom. The Hall–Kier alpha value is -1.80. The summed E-state index contributed by atoms with van der Waals surface area (Å²) in [6.45, 7) is 9.90. The van der Waals surface area contributed by atoms with Crippen LogP contribution in [0, 0.1) is 5.92 Å². The number of para-hydroxylation sites is 1. The smallest absolute Gasteiger partial charge is 0.0469 e. The molecule has 102 valence electrons. The van der Waals surface area contributed by atoms with E-state index in [1.54, 1.807) is 0 Å². The molecule has 1 fully saturated rings. The van der Waals surface area contributed by atoms with Crippen molar-refractivity contribution in [1.82, 2.24) is 9.88 Å². The van der Waals surface area contributed by atoms with Crippen LogP contribution in [0.1, 0.15) is 24.6 Å². The van der Waals surface area contributed by atoms with E-state index in [1.165, 1.54) is 46.3 Å². The van der Waals surface area contributed by atoms with Gasteiger partial charge in [0.1, 0.15) is 0 Å². The highest BCUT2D eigenvalue weighted by Crippen LogP contribution is 2.40. The van der Waals surface area contributed by atoms with Crippen LogP contribution in [0.3, 0.4) is 0 Å². The first-order valence-electron chi connectivity index (χ1n) is 7.44. The second-order valence-corrected chi connectivity index (χ2v) is 5.96. The lowest BCUT2D eigenvalue weighted by Gasteiger charge is -2.38. The average molecular weight is 264 g/mol. The fourth-order valence-corrected chi connectivity index (χ4v) is 3.81. The minimum atomic E-state index is 0.517. The Bertz CT molecular complexity index is 720. The molecule has 0 amide bonds. The summed E-state index contributed by atoms with van der Waals surface area (Å²) in [5, 5.41) is 1.36. The summed E-state index contributed by atoms with van der Waals surface area (Å²) < 4.78 is 0. The number of allylic oxidation sites excluding steroid dienone is 2. The molecule has 2 atom stereocenters. The topological polar surface area (TPSA) is 19.0 Å². The van der Waals surface area contributed by atoms with Crippen LogP contribution in [-0.2, 0) is 6.54 Å². The normalized spacial score (nSPS) is 27.6. The first-order chi connectivity index (χ1) is 9.78. The lowest BCUT2D eigenvalue weighted by Crippen LogP contribution is -2.37. The summed E-state index contributed by atoms with van der Waals surface area (Å²) in [7, 11) is 0. The van der Waals surface area contributed by atoms with E-state index in [0.717, 1.165) is 13.1 Å². The largest absolute Gasteiger partial charge is 0.355 e. The first-order valence-corrected chi connectivity index (χ1v) is 7.44. The highest BCUT2D eigenvalue weighted by atomic mass is 15.1. The lowest BCUT2D eigenvalue weighted by molar-refractivity contribution is 0.238. The predicted molar refractivity (Wildman–Crippen MR) is 84.5 cm³/mol. The van der Waals surface area contributed by atoms with Crippen molar-refractivity contribution in [2.24, 2.45) is 5.92 Å². The first kappa shape index (κ1) is 12.0. The molecular weight excluding hydrogens is 244 g/mol. The van der Waals surface area contributed by atoms with E-state index < -0.39 is 0 Å². The van der Waals surface area contributed by atoms with Gasteiger partial charge >= 0.3 is 0 Å². The molecule has 0 spiro atoms. The fourth-order valence-electron chi connectivity index (χ4n) is 3.81. The maximum atomic E-state index is 4.44. The molecule has 2 aromatic rings. The zero-order chi connectivity index (χ0) is 13.7. The van der Waals surface area contributed by atoms with E-state index in [4.69, 9.17) is 0 Å². The van der Waals surface area contributed by atoms with Crippen LogP contribution < -0.4 is 0 Å². The number of aromatic amines is 1. The van der Waals surface area contributed by atoms with Gasteiger partial charge in [-0.15, -0.1) is 0 Å². The van der Waals surface area contributed by atoms with Crippen molar-refractivity contribution < 1.29 is 0 Å². The van der Waals surface area contributed by atoms with Crippen LogP contribution in [0.4, 0.5) is 0 Å². The van der Waals surface area contributed by atoms with Gasteiger partial charge in [-0.05, 0) is 37.1 Å². The number of rotatable bonds is 0. The van der Waals surface area contributed by atoms with Gasteiger partial charge in [-0.25, -0.2) is 0 Å². The monoisotopic (exact) mass is 264 g/mol. The molecule has 0 radical (unpaired) electrons. The Morgan fingerprint density at radius 2 is 2.15 bits per heavy atom. The van der Waals surface area contributed by atoms with Gasteiger partial charge < -0.3 is 4.98 Å². The summed E-state index contributed by atoms with van der Waals surface area (Å²) in [4.78, 5) is 6.18. The van der Waals surface area contributed by atoms with E-state index in [-0.39, 0.29) is 0 Å². The third kappa shape index (κ3) is 1.61. The molecule has 0 saturated carbocycles. The van der Waals surface area contributed by atoms with E-state index in [9.17, 15) is 0 Å². The van der Waals surface area contributed by atoms with Crippen LogP contribution in [0.2, 0.25) is 0 Å². The highest BCUT2D eigenvalue weighted by Gasteiger charge is 2.31. The number of fused-ring (bicyclic) bond motifs is 3. The standard InChI is InChI=1S/C18H20N2/c1-3-13-10-20-9-8-14(13)12(2)18-16(11-20)15-6-4-5-7-17(15)19-18/h3-7,14,19H,2,8-11H2,1H3. The van der Waals surface area contributed by atoms with Crippen LogP contribution in [0.15, 0.2) is 42.5 Å². The molecule has 4 heterocycles. The lowest BCUT2D eigenvalue weighted by atomic mass is 9.81. The quantitative estimate of drug-likeness (QED) is 0.713. The molecule has 20 heavy (non-hydrogen) atoms. The van der Waals surface area contributed by atoms with E-state index in [0.29, 0.717) is 5.92 Å². The van der Waals surface area contributed by atoms with Gasteiger partial charge in [0, 0.05) is 35.6 Å². The van der Waals surface area contributed by atoms with E-state index in [1.807, 2.05) is 0 Å². The molecule has 2 bridgehead atoms. The summed E-state index contributed by atoms with van der Waals surface area (Å²) in [6, 6.07) is 8.62. The molecule has 1 N–H and O–H groups in total. The number of hydrogen-bond donors (Lipinski definition) is 1. The van der Waals surface area contributed by atoms with Crippen LogP contribution in [0.25, 0.3) is 16.5 Å². The molecular formula is C18H20N2. The summed E-state index contributed by atoms with van der Waals surface area (Å²) in [5.41, 5.74) is 6.77. The van der Waals surface area contributed by atoms with Crippen molar-refractivity contribution >= 4 is 16.5 Å². The van der Waals surface area contributed by atoms with Gasteiger partial charge in [-0.2, -0.15) is 0 Å². The molecule has 1 saturated heterocycles. The van der Waals surface area contributed by atoms with Crippen molar-refractivity contribution in [2.45, 2.75) is 19.9 Å². The van der Waals surface area contributed by atoms with Gasteiger partial charge in [-0.1, -0.05) is 36.4 Å². The van der Waals surface area contributed by atoms with Crippen molar-refractivity contribution in [3.05, 3.63) is 53.8 Å². The van der Waals surface area contributed by atoms with E-state index in [2.05, 4.69) is 53.7 Å². The second kappa shape index (κ2) is 4.35. The number of hydrogen-bond acceptors (Lipinski definition) is 1. The van der Waals surface area contributed by atoms with Crippen LogP contribution in [0.5, 0.6) is 0 Å². The van der Waals surface area contributed by atoms with Gasteiger partial charge in [0.25, 0.3) is 0 Å². The Morgan fingerprint density at radius 1 is 1.30 bits per heavy atom. The van der Waals surface area contributed by atoms with Crippen molar-refractivity contribution in [1.29, 1.82) is 0 Å². The molecule has 1 aromatic heterocycles. The van der Waals surface area contributed by atoms with Crippen molar-refractivity contribution in [3.63, 3.8) is 0 Å². The van der Waals surface area contributed by atoms with Crippen molar-refractivity contribution in [3.8, 4) is 0 Å². The number of piperidine rings is 1. The van der Waals surface area contributed by atoms with Crippen LogP contribution in [-0.4, -0.2) is 23.0 Å². The van der Waals surface area contributed by atoms with Crippen LogP contribution >= 0.6 is 0 Å². The predicted octanol–water partition coefficient (Wildman–Crippen LogP) is 3.96. The summed E-state index contributed by atoms with van der Waals surface area (Å²) >= 11 is 0. The zero-order valence-electron chi connectivity index (χ0n) is 11.9. The third-order valence-electron chi connectivity index (χ3n) is 4.90. The average Bonchev–Trinajstić information content (AvgIpc) is 2.83.